The molecular weight excluding hydrogens is 699 g/mol. The molecule has 0 unspecified atom stereocenters. The van der Waals surface area contributed by atoms with Crippen molar-refractivity contribution in [2.75, 3.05) is 23.9 Å². The molecule has 50 heavy (non-hydrogen) atoms. The SMILES string of the molecule is COc1cc([C@@H]2c3sc(=O)[nH]c3S[C@@H]3[C@@H]4C[C@@H]([C@@H]5C(=O)N(c6cccc(C(F)(F)F)c6)C(=O)[C@@H]45)[C@H]23)ccc1OCC(=O)Nc1ccc(F)cc1. The number of aromatic nitrogens is 1. The Morgan fingerprint density at radius 3 is 2.44 bits per heavy atom. The van der Waals surface area contributed by atoms with Crippen LogP contribution in [0, 0.1) is 35.4 Å². The second-order valence-electron chi connectivity index (χ2n) is 12.8. The lowest BCUT2D eigenvalue weighted by molar-refractivity contribution is -0.137. The monoisotopic (exact) mass is 725 g/mol. The molecule has 2 N–H and O–H groups in total. The van der Waals surface area contributed by atoms with Gasteiger partial charge in [0.05, 0.1) is 35.2 Å². The lowest BCUT2D eigenvalue weighted by Gasteiger charge is -2.43. The van der Waals surface area contributed by atoms with E-state index in [-0.39, 0.29) is 51.8 Å². The van der Waals surface area contributed by atoms with Gasteiger partial charge in [-0.2, -0.15) is 13.2 Å². The van der Waals surface area contributed by atoms with Crippen LogP contribution >= 0.6 is 23.1 Å². The van der Waals surface area contributed by atoms with Gasteiger partial charge in [-0.3, -0.25) is 24.1 Å². The molecule has 0 radical (unpaired) electrons. The van der Waals surface area contributed by atoms with Crippen LogP contribution in [-0.4, -0.2) is 41.7 Å². The van der Waals surface area contributed by atoms with E-state index in [1.54, 1.807) is 12.1 Å². The molecule has 3 fully saturated rings. The van der Waals surface area contributed by atoms with Crippen molar-refractivity contribution in [1.29, 1.82) is 0 Å². The number of rotatable bonds is 7. The number of ether oxygens (including phenoxy) is 2. The third kappa shape index (κ3) is 5.29. The average Bonchev–Trinajstić information content (AvgIpc) is 3.83. The van der Waals surface area contributed by atoms with E-state index in [0.717, 1.165) is 38.8 Å². The molecule has 3 aromatic carbocycles. The quantitative estimate of drug-likeness (QED) is 0.170. The highest BCUT2D eigenvalue weighted by Gasteiger charge is 2.69. The second-order valence-corrected chi connectivity index (χ2v) is 15.0. The standard InChI is InChI=1S/C35H27F4N3O6S2/c1-47-23-11-15(5-10-22(23)48-14-24(43)40-18-8-6-17(36)7-9-18)25-26-20-13-21(29(26)49-31-30(25)50-34(46)41-31)28-27(20)32(44)42(33(28)45)19-4-2-3-16(12-19)35(37,38)39/h2-12,20-21,25-29H,13-14H2,1H3,(H,40,43)(H,41,46)/t20-,21-,25+,26-,27+,28+,29-/m1/s1. The van der Waals surface area contributed by atoms with Gasteiger partial charge < -0.3 is 19.8 Å². The number of alkyl halides is 3. The Bertz CT molecular complexity index is 2100. The van der Waals surface area contributed by atoms with E-state index in [1.807, 2.05) is 6.07 Å². The summed E-state index contributed by atoms with van der Waals surface area (Å²) in [6, 6.07) is 14.9. The fourth-order valence-electron chi connectivity index (χ4n) is 8.34. The first-order chi connectivity index (χ1) is 23.9. The molecule has 3 heterocycles. The zero-order chi connectivity index (χ0) is 35.1. The van der Waals surface area contributed by atoms with Gasteiger partial charge in [0.15, 0.2) is 18.1 Å². The Balaban J connectivity index is 1.09. The zero-order valence-electron chi connectivity index (χ0n) is 26.0. The van der Waals surface area contributed by atoms with Gasteiger partial charge in [-0.05, 0) is 84.3 Å². The van der Waals surface area contributed by atoms with E-state index in [2.05, 4.69) is 10.3 Å². The van der Waals surface area contributed by atoms with Crippen LogP contribution in [0.2, 0.25) is 0 Å². The van der Waals surface area contributed by atoms with Crippen LogP contribution in [-0.2, 0) is 20.6 Å². The minimum Gasteiger partial charge on any atom is -0.493 e. The number of aromatic amines is 1. The summed E-state index contributed by atoms with van der Waals surface area (Å²) in [6.07, 6.45) is -4.04. The number of imide groups is 1. The molecule has 7 atom stereocenters. The van der Waals surface area contributed by atoms with E-state index >= 15 is 0 Å². The summed E-state index contributed by atoms with van der Waals surface area (Å²) in [6.45, 7) is -0.354. The molecule has 8 rings (SSSR count). The van der Waals surface area contributed by atoms with Gasteiger partial charge in [0.1, 0.15) is 5.82 Å². The molecule has 4 aromatic rings. The van der Waals surface area contributed by atoms with Crippen LogP contribution in [0.5, 0.6) is 11.5 Å². The van der Waals surface area contributed by atoms with Gasteiger partial charge >= 0.3 is 11.0 Å². The smallest absolute Gasteiger partial charge is 0.416 e. The van der Waals surface area contributed by atoms with Crippen molar-refractivity contribution in [2.24, 2.45) is 29.6 Å². The Kier molecular flexibility index (Phi) is 7.82. The lowest BCUT2D eigenvalue weighted by Crippen LogP contribution is -2.42. The summed E-state index contributed by atoms with van der Waals surface area (Å²) in [5.41, 5.74) is 0.156. The largest absolute Gasteiger partial charge is 0.493 e. The van der Waals surface area contributed by atoms with Crippen molar-refractivity contribution in [1.82, 2.24) is 4.98 Å². The maximum atomic E-state index is 14.0. The number of methoxy groups -OCH3 is 1. The van der Waals surface area contributed by atoms with Gasteiger partial charge in [0.25, 0.3) is 5.91 Å². The molecule has 2 aliphatic heterocycles. The second kappa shape index (κ2) is 12.0. The number of anilines is 2. The van der Waals surface area contributed by atoms with Gasteiger partial charge in [-0.15, -0.1) is 11.8 Å². The molecule has 2 aliphatic carbocycles. The number of fused-ring (bicyclic) bond motifs is 9. The summed E-state index contributed by atoms with van der Waals surface area (Å²) in [7, 11) is 1.46. The number of nitrogens with zero attached hydrogens (tertiary/aromatic N) is 1. The molecule has 2 saturated carbocycles. The van der Waals surface area contributed by atoms with E-state index < -0.39 is 47.1 Å². The molecule has 15 heteroatoms. The normalized spacial score (nSPS) is 26.4. The number of nitrogens with one attached hydrogen (secondary N) is 2. The predicted octanol–water partition coefficient (Wildman–Crippen LogP) is 6.30. The van der Waals surface area contributed by atoms with Gasteiger partial charge in [0, 0.05) is 21.7 Å². The van der Waals surface area contributed by atoms with Crippen molar-refractivity contribution in [2.45, 2.75) is 28.8 Å². The highest BCUT2D eigenvalue weighted by Crippen LogP contribution is 2.69. The van der Waals surface area contributed by atoms with Crippen LogP contribution in [0.1, 0.15) is 28.3 Å². The van der Waals surface area contributed by atoms with E-state index in [0.29, 0.717) is 22.9 Å². The Hall–Kier alpha value is -4.63. The number of H-pyrrole nitrogens is 1. The van der Waals surface area contributed by atoms with E-state index in [4.69, 9.17) is 9.47 Å². The third-order valence-corrected chi connectivity index (χ3v) is 12.8. The molecular formula is C35H27F4N3O6S2. The van der Waals surface area contributed by atoms with E-state index in [9.17, 15) is 36.7 Å². The molecule has 258 valence electrons. The zero-order valence-corrected chi connectivity index (χ0v) is 27.7. The van der Waals surface area contributed by atoms with Crippen LogP contribution < -0.4 is 24.6 Å². The van der Waals surface area contributed by atoms with Crippen LogP contribution in [0.25, 0.3) is 0 Å². The highest BCUT2D eigenvalue weighted by molar-refractivity contribution is 8.00. The van der Waals surface area contributed by atoms with Crippen LogP contribution in [0.3, 0.4) is 0 Å². The first-order valence-electron chi connectivity index (χ1n) is 15.7. The van der Waals surface area contributed by atoms with Gasteiger partial charge in [-0.25, -0.2) is 4.39 Å². The first-order valence-corrected chi connectivity index (χ1v) is 17.4. The fourth-order valence-corrected chi connectivity index (χ4v) is 11.2. The van der Waals surface area contributed by atoms with Crippen LogP contribution in [0.15, 0.2) is 76.6 Å². The summed E-state index contributed by atoms with van der Waals surface area (Å²) in [5, 5.41) is 3.18. The topological polar surface area (TPSA) is 118 Å². The van der Waals surface area contributed by atoms with Gasteiger partial charge in [0.2, 0.25) is 11.8 Å². The number of thiazole rings is 1. The van der Waals surface area contributed by atoms with Crippen molar-refractivity contribution >= 4 is 52.2 Å². The molecule has 0 spiro atoms. The summed E-state index contributed by atoms with van der Waals surface area (Å²) in [4.78, 5) is 57.5. The minimum atomic E-state index is -4.64. The molecule has 4 aliphatic rings. The van der Waals surface area contributed by atoms with E-state index in [1.165, 1.54) is 55.3 Å². The number of amides is 3. The summed E-state index contributed by atoms with van der Waals surface area (Å²) >= 11 is 2.58. The summed E-state index contributed by atoms with van der Waals surface area (Å²) < 4.78 is 65.3. The molecule has 1 aromatic heterocycles. The number of carbonyl (C=O) groups excluding carboxylic acids is 3. The number of thioether (sulfide) groups is 1. The van der Waals surface area contributed by atoms with Gasteiger partial charge in [-0.1, -0.05) is 23.5 Å². The third-order valence-electron chi connectivity index (χ3n) is 10.2. The number of hydrogen-bond acceptors (Lipinski definition) is 8. The lowest BCUT2D eigenvalue weighted by atomic mass is 9.68. The van der Waals surface area contributed by atoms with Crippen molar-refractivity contribution < 1.29 is 41.4 Å². The van der Waals surface area contributed by atoms with Crippen molar-refractivity contribution in [3.63, 3.8) is 0 Å². The molecule has 9 nitrogen and oxygen atoms in total. The molecule has 2 bridgehead atoms. The minimum absolute atomic E-state index is 0.0917. The first kappa shape index (κ1) is 32.6. The van der Waals surface area contributed by atoms with Crippen molar-refractivity contribution in [3.05, 3.63) is 98.2 Å². The number of halogens is 4. The predicted molar refractivity (Wildman–Crippen MR) is 176 cm³/mol. The number of hydrogen-bond donors (Lipinski definition) is 2. The number of carbonyl (C=O) groups is 3. The highest BCUT2D eigenvalue weighted by atomic mass is 32.2. The van der Waals surface area contributed by atoms with Crippen molar-refractivity contribution in [3.8, 4) is 11.5 Å². The maximum absolute atomic E-state index is 14.0. The Morgan fingerprint density at radius 1 is 0.980 bits per heavy atom. The summed E-state index contributed by atoms with van der Waals surface area (Å²) in [5.74, 6) is -3.65. The van der Waals surface area contributed by atoms with Crippen LogP contribution in [0.4, 0.5) is 28.9 Å². The fraction of sp³-hybridized carbons (Fsp3) is 0.314. The number of benzene rings is 3. The molecule has 3 amide bonds. The molecule has 1 saturated heterocycles. The average molecular weight is 726 g/mol. The maximum Gasteiger partial charge on any atom is 0.416 e. The Labute approximate surface area is 290 Å². The Morgan fingerprint density at radius 2 is 1.72 bits per heavy atom.